The van der Waals surface area contributed by atoms with E-state index in [1.165, 1.54) is 32.8 Å². The largest absolute Gasteiger partial charge is 0.366 e. The molecule has 86 valence electrons. The van der Waals surface area contributed by atoms with Crippen LogP contribution in [0.1, 0.15) is 0 Å². The van der Waals surface area contributed by atoms with Crippen molar-refractivity contribution < 1.29 is 0 Å². The zero-order chi connectivity index (χ0) is 11.9. The summed E-state index contributed by atoms with van der Waals surface area (Å²) in [7, 11) is 0. The lowest BCUT2D eigenvalue weighted by Crippen LogP contribution is -1.77. The number of nitrogens with one attached hydrogen (secondary N) is 2. The lowest BCUT2D eigenvalue weighted by atomic mass is 10.1. The molecule has 0 aliphatic heterocycles. The maximum Gasteiger partial charge on any atom is 0.0534 e. The van der Waals surface area contributed by atoms with Gasteiger partial charge < -0.3 is 9.97 Å². The van der Waals surface area contributed by atoms with Crippen molar-refractivity contribution in [2.75, 3.05) is 0 Å². The third-order valence-electron chi connectivity index (χ3n) is 3.46. The first-order chi connectivity index (χ1) is 8.92. The van der Waals surface area contributed by atoms with Crippen LogP contribution < -0.4 is 0 Å². The summed E-state index contributed by atoms with van der Waals surface area (Å²) >= 11 is 0. The minimum Gasteiger partial charge on any atom is -0.366 e. The van der Waals surface area contributed by atoms with Gasteiger partial charge in [0.2, 0.25) is 0 Å². The van der Waals surface area contributed by atoms with E-state index in [-0.39, 0.29) is 0 Å². The molecule has 0 radical (unpaired) electrons. The molecule has 18 heavy (non-hydrogen) atoms. The van der Waals surface area contributed by atoms with Crippen molar-refractivity contribution in [3.63, 3.8) is 0 Å². The number of aromatic amines is 2. The minimum atomic E-state index is 1.19. The van der Waals surface area contributed by atoms with Gasteiger partial charge in [0.05, 0.1) is 5.69 Å². The molecule has 0 unspecified atom stereocenters. The summed E-state index contributed by atoms with van der Waals surface area (Å²) in [5.74, 6) is 0. The lowest BCUT2D eigenvalue weighted by molar-refractivity contribution is 1.42. The van der Waals surface area contributed by atoms with Gasteiger partial charge in [0.25, 0.3) is 0 Å². The minimum absolute atomic E-state index is 1.19. The first kappa shape index (κ1) is 9.54. The number of aromatic nitrogens is 2. The van der Waals surface area contributed by atoms with Crippen LogP contribution in [0.2, 0.25) is 0 Å². The van der Waals surface area contributed by atoms with E-state index >= 15 is 0 Å². The van der Waals surface area contributed by atoms with E-state index in [1.807, 2.05) is 12.4 Å². The molecule has 0 amide bonds. The van der Waals surface area contributed by atoms with Gasteiger partial charge in [-0.2, -0.15) is 0 Å². The molecule has 0 atom stereocenters. The summed E-state index contributed by atoms with van der Waals surface area (Å²) in [5, 5.41) is 5.01. The summed E-state index contributed by atoms with van der Waals surface area (Å²) in [6.45, 7) is 0. The predicted molar refractivity (Wildman–Crippen MR) is 75.6 cm³/mol. The molecule has 2 nitrogen and oxygen atoms in total. The maximum absolute atomic E-state index is 3.38. The van der Waals surface area contributed by atoms with Crippen molar-refractivity contribution in [3.8, 4) is 11.3 Å². The SMILES string of the molecule is c1ccc2c(-c3ccc4c[nH]cc4c3)[nH]cc2c1. The Balaban J connectivity index is 2.00. The molecule has 0 aliphatic rings. The number of rotatable bonds is 1. The van der Waals surface area contributed by atoms with Gasteiger partial charge in [-0.25, -0.2) is 0 Å². The van der Waals surface area contributed by atoms with Crippen LogP contribution in [0.15, 0.2) is 61.1 Å². The zero-order valence-corrected chi connectivity index (χ0v) is 9.77. The number of H-pyrrole nitrogens is 2. The average Bonchev–Trinajstić information content (AvgIpc) is 3.04. The van der Waals surface area contributed by atoms with Gasteiger partial charge in [0.1, 0.15) is 0 Å². The molecular weight excluding hydrogens is 220 g/mol. The van der Waals surface area contributed by atoms with E-state index in [9.17, 15) is 0 Å². The normalized spacial score (nSPS) is 11.3. The lowest BCUT2D eigenvalue weighted by Gasteiger charge is -2.00. The van der Waals surface area contributed by atoms with Crippen molar-refractivity contribution in [1.29, 1.82) is 0 Å². The monoisotopic (exact) mass is 232 g/mol. The van der Waals surface area contributed by atoms with Crippen molar-refractivity contribution in [2.24, 2.45) is 0 Å². The molecule has 2 aromatic carbocycles. The highest BCUT2D eigenvalue weighted by Gasteiger charge is 2.06. The second-order valence-corrected chi connectivity index (χ2v) is 4.55. The number of benzene rings is 2. The first-order valence-electron chi connectivity index (χ1n) is 6.05. The smallest absolute Gasteiger partial charge is 0.0534 e. The Labute approximate surface area is 104 Å². The van der Waals surface area contributed by atoms with Crippen LogP contribution in [0.25, 0.3) is 32.8 Å². The molecule has 2 heteroatoms. The molecule has 0 fully saturated rings. The molecule has 4 rings (SSSR count). The van der Waals surface area contributed by atoms with Crippen LogP contribution >= 0.6 is 0 Å². The number of fused-ring (bicyclic) bond motifs is 2. The molecule has 4 aromatic rings. The molecule has 2 aromatic heterocycles. The van der Waals surface area contributed by atoms with Crippen LogP contribution in [-0.2, 0) is 0 Å². The van der Waals surface area contributed by atoms with Crippen LogP contribution in [-0.4, -0.2) is 9.97 Å². The Bertz CT molecular complexity index is 836. The van der Waals surface area contributed by atoms with E-state index < -0.39 is 0 Å². The first-order valence-corrected chi connectivity index (χ1v) is 6.05. The van der Waals surface area contributed by atoms with Crippen LogP contribution in [0.3, 0.4) is 0 Å². The Kier molecular flexibility index (Phi) is 1.86. The van der Waals surface area contributed by atoms with E-state index in [0.29, 0.717) is 0 Å². The second kappa shape index (κ2) is 3.50. The fourth-order valence-electron chi connectivity index (χ4n) is 2.52. The van der Waals surface area contributed by atoms with Gasteiger partial charge in [-0.1, -0.05) is 36.4 Å². The number of hydrogen-bond acceptors (Lipinski definition) is 0. The van der Waals surface area contributed by atoms with Crippen molar-refractivity contribution >= 4 is 21.5 Å². The summed E-state index contributed by atoms with van der Waals surface area (Å²) in [6, 6.07) is 15.0. The molecule has 0 saturated carbocycles. The van der Waals surface area contributed by atoms with Crippen LogP contribution in [0, 0.1) is 0 Å². The van der Waals surface area contributed by atoms with Gasteiger partial charge in [0.15, 0.2) is 0 Å². The molecule has 2 N–H and O–H groups in total. The van der Waals surface area contributed by atoms with Gasteiger partial charge in [0, 0.05) is 24.0 Å². The summed E-state index contributed by atoms with van der Waals surface area (Å²) in [5.41, 5.74) is 2.41. The summed E-state index contributed by atoms with van der Waals surface area (Å²) < 4.78 is 0. The zero-order valence-electron chi connectivity index (χ0n) is 9.77. The average molecular weight is 232 g/mol. The van der Waals surface area contributed by atoms with Gasteiger partial charge in [-0.15, -0.1) is 0 Å². The highest BCUT2D eigenvalue weighted by Crippen LogP contribution is 2.29. The fourth-order valence-corrected chi connectivity index (χ4v) is 2.52. The fraction of sp³-hybridized carbons (Fsp3) is 0. The number of hydrogen-bond donors (Lipinski definition) is 2. The topological polar surface area (TPSA) is 31.6 Å². The molecule has 0 saturated heterocycles. The van der Waals surface area contributed by atoms with E-state index in [1.54, 1.807) is 0 Å². The Hall–Kier alpha value is -2.48. The second-order valence-electron chi connectivity index (χ2n) is 4.55. The summed E-state index contributed by atoms with van der Waals surface area (Å²) in [6.07, 6.45) is 6.11. The van der Waals surface area contributed by atoms with Crippen molar-refractivity contribution in [2.45, 2.75) is 0 Å². The highest BCUT2D eigenvalue weighted by atomic mass is 14.7. The van der Waals surface area contributed by atoms with Crippen LogP contribution in [0.4, 0.5) is 0 Å². The molecule has 0 aliphatic carbocycles. The Morgan fingerprint density at radius 1 is 0.722 bits per heavy atom. The predicted octanol–water partition coefficient (Wildman–Crippen LogP) is 4.32. The Morgan fingerprint density at radius 2 is 1.61 bits per heavy atom. The maximum atomic E-state index is 3.38. The van der Waals surface area contributed by atoms with Crippen molar-refractivity contribution in [3.05, 3.63) is 61.1 Å². The quantitative estimate of drug-likeness (QED) is 0.490. The highest BCUT2D eigenvalue weighted by molar-refractivity contribution is 5.97. The third-order valence-corrected chi connectivity index (χ3v) is 3.46. The van der Waals surface area contributed by atoms with E-state index in [4.69, 9.17) is 0 Å². The van der Waals surface area contributed by atoms with Crippen molar-refractivity contribution in [1.82, 2.24) is 9.97 Å². The van der Waals surface area contributed by atoms with Gasteiger partial charge in [-0.3, -0.25) is 0 Å². The third kappa shape index (κ3) is 1.29. The van der Waals surface area contributed by atoms with E-state index in [2.05, 4.69) is 58.6 Å². The summed E-state index contributed by atoms with van der Waals surface area (Å²) in [4.78, 5) is 6.51. The molecule has 0 bridgehead atoms. The van der Waals surface area contributed by atoms with E-state index in [0.717, 1.165) is 0 Å². The molecular formula is C16H12N2. The Morgan fingerprint density at radius 3 is 2.61 bits per heavy atom. The van der Waals surface area contributed by atoms with Gasteiger partial charge in [-0.05, 0) is 27.8 Å². The van der Waals surface area contributed by atoms with Gasteiger partial charge >= 0.3 is 0 Å². The molecule has 0 spiro atoms. The van der Waals surface area contributed by atoms with Crippen LogP contribution in [0.5, 0.6) is 0 Å². The standard InChI is InChI=1S/C16H12N2/c1-2-4-15-13(3-1)10-18-16(15)11-5-6-12-8-17-9-14(12)7-11/h1-10,17-18H. The molecule has 2 heterocycles.